The van der Waals surface area contributed by atoms with Gasteiger partial charge in [-0.2, -0.15) is 11.8 Å². The first-order valence-electron chi connectivity index (χ1n) is 6.38. The maximum absolute atomic E-state index is 4.13. The quantitative estimate of drug-likeness (QED) is 0.855. The monoisotopic (exact) mass is 253 g/mol. The molecule has 0 amide bonds. The van der Waals surface area contributed by atoms with E-state index in [1.807, 2.05) is 4.68 Å². The van der Waals surface area contributed by atoms with E-state index in [0.717, 1.165) is 18.9 Å². The van der Waals surface area contributed by atoms with Crippen LogP contribution in [-0.4, -0.2) is 36.7 Å². The molecule has 0 radical (unpaired) electrons. The molecule has 1 unspecified atom stereocenters. The molecule has 3 rings (SSSR count). The summed E-state index contributed by atoms with van der Waals surface area (Å²) in [7, 11) is 0. The van der Waals surface area contributed by atoms with Gasteiger partial charge in [0.25, 0.3) is 0 Å². The zero-order valence-electron chi connectivity index (χ0n) is 10.2. The van der Waals surface area contributed by atoms with E-state index in [9.17, 15) is 0 Å². The molecule has 1 aliphatic heterocycles. The molecule has 0 spiro atoms. The fourth-order valence-corrected chi connectivity index (χ4v) is 3.56. The van der Waals surface area contributed by atoms with Crippen molar-refractivity contribution in [2.24, 2.45) is 0 Å². The molecule has 6 heteroatoms. The van der Waals surface area contributed by atoms with Gasteiger partial charge in [0.15, 0.2) is 5.82 Å². The van der Waals surface area contributed by atoms with E-state index in [0.29, 0.717) is 10.8 Å². The largest absolute Gasteiger partial charge is 0.307 e. The van der Waals surface area contributed by atoms with E-state index in [1.54, 1.807) is 0 Å². The molecule has 5 nitrogen and oxygen atoms in total. The zero-order chi connectivity index (χ0) is 11.7. The average Bonchev–Trinajstić information content (AvgIpc) is 2.89. The van der Waals surface area contributed by atoms with E-state index >= 15 is 0 Å². The molecule has 1 aromatic rings. The first-order valence-corrected chi connectivity index (χ1v) is 7.36. The van der Waals surface area contributed by atoms with Crippen molar-refractivity contribution in [2.75, 3.05) is 5.75 Å². The van der Waals surface area contributed by atoms with Crippen molar-refractivity contribution in [3.8, 4) is 0 Å². The maximum Gasteiger partial charge on any atom is 0.165 e. The Kier molecular flexibility index (Phi) is 3.08. The summed E-state index contributed by atoms with van der Waals surface area (Å²) in [6, 6.07) is 0.705. The van der Waals surface area contributed by atoms with E-state index in [4.69, 9.17) is 0 Å². The smallest absolute Gasteiger partial charge is 0.165 e. The normalized spacial score (nSPS) is 28.8. The summed E-state index contributed by atoms with van der Waals surface area (Å²) in [6.07, 6.45) is 5.19. The number of rotatable bonds is 5. The Bertz CT molecular complexity index is 381. The molecular weight excluding hydrogens is 234 g/mol. The summed E-state index contributed by atoms with van der Waals surface area (Å²) in [5, 5.41) is 15.5. The molecule has 0 aromatic carbocycles. The Morgan fingerprint density at radius 3 is 3.12 bits per heavy atom. The average molecular weight is 253 g/mol. The molecule has 1 atom stereocenters. The van der Waals surface area contributed by atoms with Gasteiger partial charge < -0.3 is 5.32 Å². The molecule has 2 aliphatic rings. The molecule has 1 N–H and O–H groups in total. The van der Waals surface area contributed by atoms with Crippen LogP contribution < -0.4 is 5.32 Å². The fourth-order valence-electron chi connectivity index (χ4n) is 2.27. The second-order valence-corrected chi connectivity index (χ2v) is 6.99. The van der Waals surface area contributed by atoms with Crippen LogP contribution in [0.25, 0.3) is 0 Å². The second-order valence-electron chi connectivity index (χ2n) is 5.31. The van der Waals surface area contributed by atoms with Gasteiger partial charge in [0.1, 0.15) is 0 Å². The highest BCUT2D eigenvalue weighted by atomic mass is 32.2. The zero-order valence-corrected chi connectivity index (χ0v) is 11.0. The minimum absolute atomic E-state index is 0.323. The van der Waals surface area contributed by atoms with E-state index in [1.165, 1.54) is 31.4 Å². The second kappa shape index (κ2) is 4.57. The first kappa shape index (κ1) is 11.5. The van der Waals surface area contributed by atoms with Gasteiger partial charge in [-0.15, -0.1) is 5.10 Å². The first-order chi connectivity index (χ1) is 8.25. The van der Waals surface area contributed by atoms with Gasteiger partial charge >= 0.3 is 0 Å². The molecule has 1 aliphatic carbocycles. The number of nitrogens with one attached hydrogen (secondary N) is 1. The Balaban J connectivity index is 1.63. The van der Waals surface area contributed by atoms with Crippen LogP contribution in [0.5, 0.6) is 0 Å². The lowest BCUT2D eigenvalue weighted by Gasteiger charge is -2.22. The van der Waals surface area contributed by atoms with Crippen molar-refractivity contribution in [3.63, 3.8) is 0 Å². The number of nitrogens with zero attached hydrogens (tertiary/aromatic N) is 4. The van der Waals surface area contributed by atoms with Crippen LogP contribution in [0.1, 0.15) is 38.4 Å². The molecular formula is C11H19N5S. The summed E-state index contributed by atoms with van der Waals surface area (Å²) in [5.74, 6) is 2.25. The molecule has 17 heavy (non-hydrogen) atoms. The minimum Gasteiger partial charge on any atom is -0.307 e. The van der Waals surface area contributed by atoms with E-state index in [-0.39, 0.29) is 0 Å². The van der Waals surface area contributed by atoms with Crippen molar-refractivity contribution >= 4 is 11.8 Å². The number of aromatic nitrogens is 4. The van der Waals surface area contributed by atoms with Crippen LogP contribution in [0.3, 0.4) is 0 Å². The molecule has 94 valence electrons. The molecule has 2 fully saturated rings. The topological polar surface area (TPSA) is 55.6 Å². The molecule has 1 saturated carbocycles. The molecule has 0 bridgehead atoms. The third-order valence-electron chi connectivity index (χ3n) is 3.52. The number of thioether (sulfide) groups is 1. The predicted molar refractivity (Wildman–Crippen MR) is 67.8 cm³/mol. The predicted octanol–water partition coefficient (Wildman–Crippen LogP) is 1.21. The Labute approximate surface area is 106 Å². The van der Waals surface area contributed by atoms with E-state index < -0.39 is 0 Å². The summed E-state index contributed by atoms with van der Waals surface area (Å²) in [4.78, 5) is 0. The Morgan fingerprint density at radius 2 is 2.41 bits per heavy atom. The van der Waals surface area contributed by atoms with Gasteiger partial charge in [0.05, 0.1) is 13.1 Å². The summed E-state index contributed by atoms with van der Waals surface area (Å²) < 4.78 is 2.30. The van der Waals surface area contributed by atoms with Crippen LogP contribution in [-0.2, 0) is 13.1 Å². The maximum atomic E-state index is 4.13. The lowest BCUT2D eigenvalue weighted by molar-refractivity contribution is 0.448. The highest BCUT2D eigenvalue weighted by Crippen LogP contribution is 2.38. The minimum atomic E-state index is 0.323. The highest BCUT2D eigenvalue weighted by molar-refractivity contribution is 8.00. The molecule has 1 saturated heterocycles. The lowest BCUT2D eigenvalue weighted by Crippen LogP contribution is -2.27. The number of hydrogen-bond acceptors (Lipinski definition) is 5. The molecule has 1 aromatic heterocycles. The van der Waals surface area contributed by atoms with Crippen molar-refractivity contribution in [1.29, 1.82) is 0 Å². The van der Waals surface area contributed by atoms with Crippen molar-refractivity contribution in [3.05, 3.63) is 5.82 Å². The van der Waals surface area contributed by atoms with Gasteiger partial charge in [-0.25, -0.2) is 4.68 Å². The molecule has 2 heterocycles. The Morgan fingerprint density at radius 1 is 1.53 bits per heavy atom. The van der Waals surface area contributed by atoms with Crippen LogP contribution in [0.4, 0.5) is 0 Å². The van der Waals surface area contributed by atoms with Crippen molar-refractivity contribution in [1.82, 2.24) is 25.5 Å². The van der Waals surface area contributed by atoms with Gasteiger partial charge in [-0.3, -0.25) is 0 Å². The standard InChI is InChI=1S/C11H19N5S/c1-11(5-2-6-17-11)8-16-10(13-14-15-16)7-12-9-3-4-9/h9,12H,2-8H2,1H3. The van der Waals surface area contributed by atoms with Crippen LogP contribution in [0.2, 0.25) is 0 Å². The van der Waals surface area contributed by atoms with Crippen molar-refractivity contribution < 1.29 is 0 Å². The summed E-state index contributed by atoms with van der Waals surface area (Å²) in [5.41, 5.74) is 0. The third-order valence-corrected chi connectivity index (χ3v) is 5.04. The van der Waals surface area contributed by atoms with Gasteiger partial charge in [0, 0.05) is 10.8 Å². The van der Waals surface area contributed by atoms with E-state index in [2.05, 4.69) is 39.5 Å². The third kappa shape index (κ3) is 2.80. The van der Waals surface area contributed by atoms with Gasteiger partial charge in [0.2, 0.25) is 0 Å². The fraction of sp³-hybridized carbons (Fsp3) is 0.909. The lowest BCUT2D eigenvalue weighted by atomic mass is 10.1. The Hall–Kier alpha value is -0.620. The summed E-state index contributed by atoms with van der Waals surface area (Å²) >= 11 is 2.05. The summed E-state index contributed by atoms with van der Waals surface area (Å²) in [6.45, 7) is 4.06. The number of tetrazole rings is 1. The number of hydrogen-bond donors (Lipinski definition) is 1. The SMILES string of the molecule is CC1(Cn2nnnc2CNC2CC2)CCCS1. The van der Waals surface area contributed by atoms with Crippen LogP contribution in [0.15, 0.2) is 0 Å². The van der Waals surface area contributed by atoms with Crippen molar-refractivity contribution in [2.45, 2.75) is 56.5 Å². The highest BCUT2D eigenvalue weighted by Gasteiger charge is 2.31. The van der Waals surface area contributed by atoms with Gasteiger partial charge in [-0.1, -0.05) is 0 Å². The van der Waals surface area contributed by atoms with Crippen LogP contribution >= 0.6 is 11.8 Å². The van der Waals surface area contributed by atoms with Crippen LogP contribution in [0, 0.1) is 0 Å². The van der Waals surface area contributed by atoms with Gasteiger partial charge in [-0.05, 0) is 48.8 Å².